The SMILES string of the molecule is CCCCCCCN(CCc1cs[c]n1)c1ccccc1Cl. The number of hydrogen-bond acceptors (Lipinski definition) is 3. The molecule has 2 rings (SSSR count). The van der Waals surface area contributed by atoms with Crippen LogP contribution in [0.25, 0.3) is 0 Å². The molecule has 0 atom stereocenters. The molecule has 0 spiro atoms. The molecule has 1 radical (unpaired) electrons. The fourth-order valence-corrected chi connectivity index (χ4v) is 3.32. The van der Waals surface area contributed by atoms with Crippen molar-refractivity contribution in [3.63, 3.8) is 0 Å². The van der Waals surface area contributed by atoms with Crippen LogP contribution < -0.4 is 4.90 Å². The van der Waals surface area contributed by atoms with Crippen LogP contribution in [0, 0.1) is 5.51 Å². The van der Waals surface area contributed by atoms with Crippen LogP contribution in [0.2, 0.25) is 5.02 Å². The number of thiazole rings is 1. The van der Waals surface area contributed by atoms with Crippen LogP contribution in [0.3, 0.4) is 0 Å². The van der Waals surface area contributed by atoms with Crippen LogP contribution in [0.4, 0.5) is 5.69 Å². The highest BCUT2D eigenvalue weighted by atomic mass is 35.5. The average molecular weight is 336 g/mol. The number of benzene rings is 1. The van der Waals surface area contributed by atoms with E-state index in [1.165, 1.54) is 43.4 Å². The molecule has 0 fully saturated rings. The Labute approximate surface area is 143 Å². The molecule has 1 heterocycles. The molecule has 4 heteroatoms. The van der Waals surface area contributed by atoms with Gasteiger partial charge in [-0.15, -0.1) is 11.3 Å². The molecule has 2 aromatic rings. The van der Waals surface area contributed by atoms with E-state index in [-0.39, 0.29) is 0 Å². The Morgan fingerprint density at radius 2 is 1.95 bits per heavy atom. The molecular weight excluding hydrogens is 312 g/mol. The van der Waals surface area contributed by atoms with Crippen LogP contribution in [0.5, 0.6) is 0 Å². The Kier molecular flexibility index (Phi) is 7.75. The van der Waals surface area contributed by atoms with Gasteiger partial charge in [-0.2, -0.15) is 0 Å². The highest BCUT2D eigenvalue weighted by Gasteiger charge is 2.10. The van der Waals surface area contributed by atoms with E-state index in [0.29, 0.717) is 0 Å². The van der Waals surface area contributed by atoms with Gasteiger partial charge in [0, 0.05) is 24.9 Å². The summed E-state index contributed by atoms with van der Waals surface area (Å²) in [6, 6.07) is 8.13. The molecule has 0 amide bonds. The van der Waals surface area contributed by atoms with Gasteiger partial charge >= 0.3 is 0 Å². The predicted molar refractivity (Wildman–Crippen MR) is 97.1 cm³/mol. The predicted octanol–water partition coefficient (Wildman–Crippen LogP) is 5.62. The van der Waals surface area contributed by atoms with E-state index in [1.807, 2.05) is 12.1 Å². The maximum Gasteiger partial charge on any atom is 0.152 e. The van der Waals surface area contributed by atoms with Gasteiger partial charge in [0.25, 0.3) is 0 Å². The fourth-order valence-electron chi connectivity index (χ4n) is 2.54. The highest BCUT2D eigenvalue weighted by Crippen LogP contribution is 2.26. The molecule has 0 aliphatic heterocycles. The van der Waals surface area contributed by atoms with Gasteiger partial charge in [-0.25, -0.2) is 4.98 Å². The Balaban J connectivity index is 1.92. The van der Waals surface area contributed by atoms with E-state index in [0.717, 1.165) is 35.9 Å². The van der Waals surface area contributed by atoms with Gasteiger partial charge in [-0.3, -0.25) is 0 Å². The van der Waals surface area contributed by atoms with Crippen molar-refractivity contribution in [3.8, 4) is 0 Å². The lowest BCUT2D eigenvalue weighted by atomic mass is 10.1. The molecule has 1 aromatic heterocycles. The van der Waals surface area contributed by atoms with Gasteiger partial charge in [0.2, 0.25) is 0 Å². The minimum Gasteiger partial charge on any atom is -0.370 e. The summed E-state index contributed by atoms with van der Waals surface area (Å²) >= 11 is 7.92. The first kappa shape index (κ1) is 17.3. The maximum atomic E-state index is 6.38. The summed E-state index contributed by atoms with van der Waals surface area (Å²) in [4.78, 5) is 6.66. The Hall–Kier alpha value is -1.06. The third kappa shape index (κ3) is 5.62. The van der Waals surface area contributed by atoms with E-state index in [9.17, 15) is 0 Å². The Bertz CT molecular complexity index is 528. The summed E-state index contributed by atoms with van der Waals surface area (Å²) in [6.07, 6.45) is 7.40. The van der Waals surface area contributed by atoms with Crippen LogP contribution in [-0.2, 0) is 6.42 Å². The molecule has 0 bridgehead atoms. The van der Waals surface area contributed by atoms with Gasteiger partial charge in [-0.1, -0.05) is 56.3 Å². The molecule has 0 saturated heterocycles. The Morgan fingerprint density at radius 1 is 1.14 bits per heavy atom. The first-order valence-electron chi connectivity index (χ1n) is 8.11. The molecule has 0 saturated carbocycles. The number of hydrogen-bond donors (Lipinski definition) is 0. The molecule has 2 nitrogen and oxygen atoms in total. The van der Waals surface area contributed by atoms with Crippen molar-refractivity contribution in [3.05, 3.63) is 45.9 Å². The van der Waals surface area contributed by atoms with Crippen molar-refractivity contribution in [2.45, 2.75) is 45.4 Å². The van der Waals surface area contributed by atoms with Crippen LogP contribution >= 0.6 is 22.9 Å². The number of aromatic nitrogens is 1. The van der Waals surface area contributed by atoms with Crippen molar-refractivity contribution in [2.24, 2.45) is 0 Å². The zero-order valence-electron chi connectivity index (χ0n) is 13.2. The largest absolute Gasteiger partial charge is 0.370 e. The van der Waals surface area contributed by atoms with E-state index in [4.69, 9.17) is 11.6 Å². The number of halogens is 1. The molecule has 0 N–H and O–H groups in total. The standard InChI is InChI=1S/C18H24ClN2S/c1-2-3-4-5-8-12-21(13-11-16-14-22-15-20-16)18-10-7-6-9-17(18)19/h6-7,9-10,14H,2-5,8,11-13H2,1H3. The number of unbranched alkanes of at least 4 members (excludes halogenated alkanes) is 4. The number of para-hydroxylation sites is 1. The van der Waals surface area contributed by atoms with Gasteiger partial charge in [-0.05, 0) is 18.6 Å². The first-order valence-corrected chi connectivity index (χ1v) is 9.37. The molecule has 1 aromatic carbocycles. The first-order chi connectivity index (χ1) is 10.8. The smallest absolute Gasteiger partial charge is 0.152 e. The van der Waals surface area contributed by atoms with E-state index in [2.05, 4.69) is 39.8 Å². The summed E-state index contributed by atoms with van der Waals surface area (Å²) < 4.78 is 0. The second-order valence-electron chi connectivity index (χ2n) is 5.53. The topological polar surface area (TPSA) is 16.1 Å². The molecule has 0 unspecified atom stereocenters. The number of rotatable bonds is 10. The lowest BCUT2D eigenvalue weighted by Gasteiger charge is -2.25. The lowest BCUT2D eigenvalue weighted by molar-refractivity contribution is 0.616. The quantitative estimate of drug-likeness (QED) is 0.524. The lowest BCUT2D eigenvalue weighted by Crippen LogP contribution is -2.27. The molecule has 22 heavy (non-hydrogen) atoms. The van der Waals surface area contributed by atoms with Gasteiger partial charge < -0.3 is 4.90 Å². The van der Waals surface area contributed by atoms with Crippen molar-refractivity contribution >= 4 is 28.6 Å². The summed E-state index contributed by atoms with van der Waals surface area (Å²) in [5, 5.41) is 2.91. The second-order valence-corrected chi connectivity index (χ2v) is 6.59. The van der Waals surface area contributed by atoms with Crippen LogP contribution in [-0.4, -0.2) is 18.1 Å². The highest BCUT2D eigenvalue weighted by molar-refractivity contribution is 7.07. The van der Waals surface area contributed by atoms with Crippen molar-refractivity contribution in [1.82, 2.24) is 4.98 Å². The molecule has 0 aliphatic carbocycles. The molecule has 119 valence electrons. The third-order valence-corrected chi connectivity index (χ3v) is 4.71. The second kappa shape index (κ2) is 9.86. The van der Waals surface area contributed by atoms with Crippen LogP contribution in [0.15, 0.2) is 29.6 Å². The molecular formula is C18H24ClN2S. The fraction of sp³-hybridized carbons (Fsp3) is 0.500. The summed E-state index contributed by atoms with van der Waals surface area (Å²) in [5.41, 5.74) is 5.17. The zero-order chi connectivity index (χ0) is 15.6. The minimum absolute atomic E-state index is 0.834. The van der Waals surface area contributed by atoms with Gasteiger partial charge in [0.1, 0.15) is 0 Å². The van der Waals surface area contributed by atoms with E-state index in [1.54, 1.807) is 0 Å². The summed E-state index contributed by atoms with van der Waals surface area (Å²) in [5.74, 6) is 0. The average Bonchev–Trinajstić information content (AvgIpc) is 3.04. The maximum absolute atomic E-state index is 6.38. The van der Waals surface area contributed by atoms with Crippen molar-refractivity contribution in [1.29, 1.82) is 0 Å². The third-order valence-electron chi connectivity index (χ3n) is 3.80. The normalized spacial score (nSPS) is 10.8. The summed E-state index contributed by atoms with van der Waals surface area (Å²) in [7, 11) is 0. The van der Waals surface area contributed by atoms with Gasteiger partial charge in [0.15, 0.2) is 5.51 Å². The monoisotopic (exact) mass is 335 g/mol. The zero-order valence-corrected chi connectivity index (χ0v) is 14.8. The van der Waals surface area contributed by atoms with E-state index < -0.39 is 0 Å². The van der Waals surface area contributed by atoms with Gasteiger partial charge in [0.05, 0.1) is 16.4 Å². The Morgan fingerprint density at radius 3 is 2.68 bits per heavy atom. The van der Waals surface area contributed by atoms with Crippen LogP contribution in [0.1, 0.15) is 44.7 Å². The number of nitrogens with zero attached hydrogens (tertiary/aromatic N) is 2. The number of anilines is 1. The van der Waals surface area contributed by atoms with Crippen molar-refractivity contribution < 1.29 is 0 Å². The van der Waals surface area contributed by atoms with Crippen molar-refractivity contribution in [2.75, 3.05) is 18.0 Å². The molecule has 0 aliphatic rings. The summed E-state index contributed by atoms with van der Waals surface area (Å²) in [6.45, 7) is 4.26. The minimum atomic E-state index is 0.834. The van der Waals surface area contributed by atoms with E-state index >= 15 is 0 Å².